The topological polar surface area (TPSA) is 67.8 Å². The molecule has 2 aromatic rings. The molecule has 0 bridgehead atoms. The lowest BCUT2D eigenvalue weighted by molar-refractivity contribution is 0.305. The fraction of sp³-hybridized carbons (Fsp3) is 0.235. The Morgan fingerprint density at radius 3 is 2.33 bits per heavy atom. The monoisotopic (exact) mass is 284 g/mol. The van der Waals surface area contributed by atoms with Gasteiger partial charge in [0, 0.05) is 5.56 Å². The van der Waals surface area contributed by atoms with Gasteiger partial charge in [-0.3, -0.25) is 0 Å². The Morgan fingerprint density at radius 2 is 1.76 bits per heavy atom. The maximum absolute atomic E-state index is 8.69. The van der Waals surface area contributed by atoms with Crippen LogP contribution in [-0.4, -0.2) is 11.0 Å². The molecule has 0 aliphatic carbocycles. The van der Waals surface area contributed by atoms with Gasteiger partial charge in [-0.25, -0.2) is 0 Å². The fourth-order valence-corrected chi connectivity index (χ4v) is 2.25. The van der Waals surface area contributed by atoms with Crippen LogP contribution >= 0.6 is 0 Å². The van der Waals surface area contributed by atoms with Crippen molar-refractivity contribution in [1.82, 2.24) is 0 Å². The Bertz CT molecular complexity index is 658. The van der Waals surface area contributed by atoms with Crippen molar-refractivity contribution in [2.45, 2.75) is 27.4 Å². The van der Waals surface area contributed by atoms with Gasteiger partial charge < -0.3 is 15.7 Å². The largest absolute Gasteiger partial charge is 0.489 e. The van der Waals surface area contributed by atoms with Gasteiger partial charge in [0.05, 0.1) is 0 Å². The average molecular weight is 284 g/mol. The maximum atomic E-state index is 8.69. The molecule has 0 radical (unpaired) electrons. The van der Waals surface area contributed by atoms with Crippen molar-refractivity contribution in [2.24, 2.45) is 10.9 Å². The van der Waals surface area contributed by atoms with Gasteiger partial charge in [-0.2, -0.15) is 0 Å². The highest BCUT2D eigenvalue weighted by molar-refractivity contribution is 5.97. The molecule has 2 rings (SSSR count). The van der Waals surface area contributed by atoms with Gasteiger partial charge in [0.2, 0.25) is 0 Å². The average Bonchev–Trinajstić information content (AvgIpc) is 2.44. The van der Waals surface area contributed by atoms with Crippen molar-refractivity contribution < 1.29 is 9.94 Å². The molecule has 0 heterocycles. The minimum absolute atomic E-state index is 0.111. The maximum Gasteiger partial charge on any atom is 0.170 e. The Balaban J connectivity index is 2.13. The molecule has 0 saturated carbocycles. The van der Waals surface area contributed by atoms with Crippen molar-refractivity contribution in [3.8, 4) is 5.75 Å². The van der Waals surface area contributed by atoms with Crippen LogP contribution < -0.4 is 10.5 Å². The number of amidine groups is 1. The number of hydrogen-bond acceptors (Lipinski definition) is 3. The predicted molar refractivity (Wildman–Crippen MR) is 83.9 cm³/mol. The van der Waals surface area contributed by atoms with Crippen LogP contribution in [0.5, 0.6) is 5.75 Å². The fourth-order valence-electron chi connectivity index (χ4n) is 2.25. The van der Waals surface area contributed by atoms with Gasteiger partial charge in [-0.05, 0) is 61.2 Å². The van der Waals surface area contributed by atoms with E-state index in [0.717, 1.165) is 16.9 Å². The summed E-state index contributed by atoms with van der Waals surface area (Å²) in [5, 5.41) is 11.7. The molecule has 0 amide bonds. The second-order valence-electron chi connectivity index (χ2n) is 5.24. The Kier molecular flexibility index (Phi) is 4.48. The first-order valence-electron chi connectivity index (χ1n) is 6.78. The molecule has 110 valence electrons. The molecule has 4 nitrogen and oxygen atoms in total. The van der Waals surface area contributed by atoms with Gasteiger partial charge >= 0.3 is 0 Å². The number of oxime groups is 1. The van der Waals surface area contributed by atoms with E-state index in [0.29, 0.717) is 12.2 Å². The third-order valence-corrected chi connectivity index (χ3v) is 3.34. The first-order chi connectivity index (χ1) is 9.99. The molecule has 0 fully saturated rings. The zero-order valence-electron chi connectivity index (χ0n) is 12.6. The van der Waals surface area contributed by atoms with Crippen LogP contribution in [-0.2, 0) is 6.61 Å². The number of benzene rings is 2. The summed E-state index contributed by atoms with van der Waals surface area (Å²) in [4.78, 5) is 0. The summed E-state index contributed by atoms with van der Waals surface area (Å²) < 4.78 is 5.85. The van der Waals surface area contributed by atoms with Gasteiger partial charge in [0.1, 0.15) is 12.4 Å². The van der Waals surface area contributed by atoms with E-state index >= 15 is 0 Å². The molecule has 0 aliphatic rings. The highest BCUT2D eigenvalue weighted by Gasteiger charge is 2.05. The van der Waals surface area contributed by atoms with E-state index < -0.39 is 0 Å². The van der Waals surface area contributed by atoms with Crippen LogP contribution in [0.15, 0.2) is 41.6 Å². The lowest BCUT2D eigenvalue weighted by Crippen LogP contribution is -2.13. The Hall–Kier alpha value is -2.49. The van der Waals surface area contributed by atoms with Crippen LogP contribution in [0.3, 0.4) is 0 Å². The number of nitrogens with two attached hydrogens (primary N) is 1. The molecule has 0 saturated heterocycles. The lowest BCUT2D eigenvalue weighted by Gasteiger charge is -2.11. The van der Waals surface area contributed by atoms with E-state index in [1.807, 2.05) is 37.3 Å². The summed E-state index contributed by atoms with van der Waals surface area (Å²) in [5.41, 5.74) is 10.8. The highest BCUT2D eigenvalue weighted by Crippen LogP contribution is 2.19. The normalized spacial score (nSPS) is 11.5. The standard InChI is InChI=1S/C17H20N2O2/c1-11-6-12(2)8-16(7-11)21-10-15-5-4-14(9-13(15)3)17(18)19-20/h4-9,20H,10H2,1-3H3,(H2,18,19). The van der Waals surface area contributed by atoms with Crippen molar-refractivity contribution in [3.63, 3.8) is 0 Å². The summed E-state index contributed by atoms with van der Waals surface area (Å²) in [6.45, 7) is 6.58. The number of aryl methyl sites for hydroxylation is 3. The molecule has 21 heavy (non-hydrogen) atoms. The van der Waals surface area contributed by atoms with Gasteiger partial charge in [-0.15, -0.1) is 0 Å². The third-order valence-electron chi connectivity index (χ3n) is 3.34. The van der Waals surface area contributed by atoms with E-state index in [2.05, 4.69) is 25.1 Å². The molecule has 3 N–H and O–H groups in total. The SMILES string of the molecule is Cc1cc(C)cc(OCc2ccc(/C(N)=N/O)cc2C)c1. The molecule has 0 unspecified atom stereocenters. The lowest BCUT2D eigenvalue weighted by atomic mass is 10.1. The third kappa shape index (κ3) is 3.75. The second-order valence-corrected chi connectivity index (χ2v) is 5.24. The van der Waals surface area contributed by atoms with E-state index in [-0.39, 0.29) is 5.84 Å². The van der Waals surface area contributed by atoms with Crippen LogP contribution in [0.2, 0.25) is 0 Å². The van der Waals surface area contributed by atoms with Crippen molar-refractivity contribution >= 4 is 5.84 Å². The molecule has 0 atom stereocenters. The molecule has 0 aliphatic heterocycles. The minimum atomic E-state index is 0.111. The molecular weight excluding hydrogens is 264 g/mol. The van der Waals surface area contributed by atoms with E-state index in [1.54, 1.807) is 0 Å². The smallest absolute Gasteiger partial charge is 0.170 e. The molecule has 2 aromatic carbocycles. The zero-order chi connectivity index (χ0) is 15.4. The Labute approximate surface area is 124 Å². The summed E-state index contributed by atoms with van der Waals surface area (Å²) >= 11 is 0. The number of rotatable bonds is 4. The summed E-state index contributed by atoms with van der Waals surface area (Å²) in [6.07, 6.45) is 0. The molecule has 0 spiro atoms. The predicted octanol–water partition coefficient (Wildman–Crippen LogP) is 3.29. The second kappa shape index (κ2) is 6.31. The van der Waals surface area contributed by atoms with E-state index in [9.17, 15) is 0 Å². The number of nitrogens with zero attached hydrogens (tertiary/aromatic N) is 1. The summed E-state index contributed by atoms with van der Waals surface area (Å²) in [5.74, 6) is 0.979. The molecular formula is C17H20N2O2. The number of ether oxygens (including phenoxy) is 1. The van der Waals surface area contributed by atoms with Gasteiger partial charge in [-0.1, -0.05) is 23.4 Å². The van der Waals surface area contributed by atoms with Crippen LogP contribution in [0.4, 0.5) is 0 Å². The highest BCUT2D eigenvalue weighted by atomic mass is 16.5. The number of hydrogen-bond donors (Lipinski definition) is 2. The van der Waals surface area contributed by atoms with E-state index in [1.165, 1.54) is 11.1 Å². The summed E-state index contributed by atoms with van der Waals surface area (Å²) in [6, 6.07) is 11.8. The first kappa shape index (κ1) is 14.9. The Morgan fingerprint density at radius 1 is 1.10 bits per heavy atom. The van der Waals surface area contributed by atoms with E-state index in [4.69, 9.17) is 15.7 Å². The van der Waals surface area contributed by atoms with Gasteiger partial charge in [0.15, 0.2) is 5.84 Å². The van der Waals surface area contributed by atoms with Crippen molar-refractivity contribution in [3.05, 3.63) is 64.2 Å². The van der Waals surface area contributed by atoms with Crippen LogP contribution in [0.25, 0.3) is 0 Å². The summed E-state index contributed by atoms with van der Waals surface area (Å²) in [7, 11) is 0. The van der Waals surface area contributed by atoms with Crippen LogP contribution in [0, 0.1) is 20.8 Å². The minimum Gasteiger partial charge on any atom is -0.489 e. The van der Waals surface area contributed by atoms with Crippen molar-refractivity contribution in [1.29, 1.82) is 0 Å². The molecule has 0 aromatic heterocycles. The molecule has 4 heteroatoms. The quantitative estimate of drug-likeness (QED) is 0.392. The van der Waals surface area contributed by atoms with Crippen molar-refractivity contribution in [2.75, 3.05) is 0 Å². The first-order valence-corrected chi connectivity index (χ1v) is 6.78. The zero-order valence-corrected chi connectivity index (χ0v) is 12.6. The van der Waals surface area contributed by atoms with Gasteiger partial charge in [0.25, 0.3) is 0 Å². The van der Waals surface area contributed by atoms with Crippen LogP contribution in [0.1, 0.15) is 27.8 Å².